The maximum atomic E-state index is 14.9. The van der Waals surface area contributed by atoms with Crippen LogP contribution in [0.4, 0.5) is 132 Å². The molecule has 0 aromatic heterocycles. The molecule has 550 valence electrons. The third-order valence-electron chi connectivity index (χ3n) is 17.0. The molecule has 2 aliphatic heterocycles. The zero-order valence-corrected chi connectivity index (χ0v) is 57.2. The average molecular weight is 1480 g/mol. The van der Waals surface area contributed by atoms with Crippen LogP contribution in [0.1, 0.15) is 38.8 Å². The van der Waals surface area contributed by atoms with E-state index in [0.29, 0.717) is 0 Å². The molecule has 0 bridgehead atoms. The van der Waals surface area contributed by atoms with Crippen LogP contribution in [0.5, 0.6) is 0 Å². The van der Waals surface area contributed by atoms with E-state index in [1.807, 2.05) is 11.5 Å². The fraction of sp³-hybridized carbons (Fsp3) is 0.250. The number of rotatable bonds is 3. The second-order valence-electron chi connectivity index (χ2n) is 25.1. The van der Waals surface area contributed by atoms with Crippen LogP contribution >= 0.6 is 0 Å². The molecule has 2 heterocycles. The van der Waals surface area contributed by atoms with E-state index < -0.39 is 236 Å². The van der Waals surface area contributed by atoms with E-state index in [1.165, 1.54) is 47.8 Å². The monoisotopic (exact) mass is 1480 g/mol. The van der Waals surface area contributed by atoms with Gasteiger partial charge in [-0.3, -0.25) is 0 Å². The highest BCUT2D eigenvalue weighted by molar-refractivity contribution is 7.16. The largest absolute Gasteiger partial charge is 0.321 e. The zero-order chi connectivity index (χ0) is 79.9. The lowest BCUT2D eigenvalue weighted by atomic mass is 9.06. The molecule has 2 aliphatic rings. The zero-order valence-electron chi connectivity index (χ0n) is 57.2. The lowest BCUT2D eigenvalue weighted by molar-refractivity contribution is 0.108. The molecule has 0 N–H and O–H groups in total. The molecule has 0 unspecified atom stereocenters. The second-order valence-corrected chi connectivity index (χ2v) is 25.1. The molecule has 0 atom stereocenters. The Hall–Kier alpha value is -8.54. The molecule has 0 amide bonds. The Morgan fingerprint density at radius 3 is 0.843 bits per heavy atom. The Labute approximate surface area is 569 Å². The second kappa shape index (κ2) is 37.6. The van der Waals surface area contributed by atoms with Crippen molar-refractivity contribution in [3.63, 3.8) is 0 Å². The molecule has 6 aromatic carbocycles. The summed E-state index contributed by atoms with van der Waals surface area (Å²) in [5, 5.41) is 0. The normalized spacial score (nSPS) is 12.3. The molecule has 0 aliphatic carbocycles. The molecule has 38 heteroatoms. The Kier molecular flexibility index (Phi) is 33.7. The summed E-state index contributed by atoms with van der Waals surface area (Å²) >= 11 is 0. The van der Waals surface area contributed by atoms with E-state index >= 15 is 0 Å². The highest BCUT2D eigenvalue weighted by Gasteiger charge is 2.45. The van der Waals surface area contributed by atoms with Gasteiger partial charge in [0.25, 0.3) is 0 Å². The van der Waals surface area contributed by atoms with Gasteiger partial charge in [0.15, 0.2) is 69.8 Å². The van der Waals surface area contributed by atoms with Crippen molar-refractivity contribution in [2.24, 2.45) is 0 Å². The van der Waals surface area contributed by atoms with Gasteiger partial charge < -0.3 is 0 Å². The van der Waals surface area contributed by atoms with E-state index in [9.17, 15) is 114 Å². The van der Waals surface area contributed by atoms with Crippen molar-refractivity contribution in [1.29, 1.82) is 0 Å². The number of hydrogen-bond acceptors (Lipinski definition) is 0. The summed E-state index contributed by atoms with van der Waals surface area (Å²) in [6.45, 7) is 21.6. The number of hydrogen-bond donors (Lipinski definition) is 0. The Bertz CT molecular complexity index is 4180. The molecule has 0 nitrogen and oxygen atoms in total. The fourth-order valence-corrected chi connectivity index (χ4v) is 12.4. The van der Waals surface area contributed by atoms with Crippen molar-refractivity contribution < 1.29 is 132 Å². The predicted molar refractivity (Wildman–Crippen MR) is 350 cm³/mol. The molecular formula is C64H54B8F30-6. The molecule has 6 aromatic rings. The molecular weight excluding hydrogens is 1430 g/mol. The van der Waals surface area contributed by atoms with Gasteiger partial charge in [0, 0.05) is 53.2 Å². The van der Waals surface area contributed by atoms with Crippen LogP contribution in [-0.2, 0) is 0 Å². The number of fused-ring (bicyclic) bond motifs is 4. The molecule has 0 saturated carbocycles. The Morgan fingerprint density at radius 2 is 0.529 bits per heavy atom. The van der Waals surface area contributed by atoms with Gasteiger partial charge in [-0.2, -0.15) is 112 Å². The van der Waals surface area contributed by atoms with Crippen LogP contribution < -0.4 is 65.6 Å². The predicted octanol–water partition coefficient (Wildman–Crippen LogP) is 12.4. The van der Waals surface area contributed by atoms with E-state index in [4.69, 9.17) is 26.1 Å². The summed E-state index contributed by atoms with van der Waals surface area (Å²) in [7, 11) is 2.21. The van der Waals surface area contributed by atoms with Crippen molar-refractivity contribution in [2.75, 3.05) is 0 Å². The quantitative estimate of drug-likeness (QED) is 0.0545. The summed E-state index contributed by atoms with van der Waals surface area (Å²) in [6, 6.07) is 0. The summed E-state index contributed by atoms with van der Waals surface area (Å²) in [6.07, 6.45) is -11.6. The number of halogens is 30. The number of benzene rings is 6. The van der Waals surface area contributed by atoms with Gasteiger partial charge in [0.05, 0.1) is 12.0 Å². The molecule has 2 radical (unpaired) electrons. The summed E-state index contributed by atoms with van der Waals surface area (Å²) in [5.41, 5.74) is 12.7. The van der Waals surface area contributed by atoms with Crippen LogP contribution in [0.3, 0.4) is 0 Å². The van der Waals surface area contributed by atoms with Crippen LogP contribution in [-0.4, -0.2) is 54.8 Å². The fourth-order valence-electron chi connectivity index (χ4n) is 12.4. The van der Waals surface area contributed by atoms with Crippen molar-refractivity contribution >= 4 is 120 Å². The SMILES string of the molecule is CB1c2c(F)c(C)c(F)c(F)c2[B-](C)(C)c2c(F)c(F)c(F)c(F)c21.CC(C)=C=C=C=C=C(F)F.CC(C)=C=C=C=C=C(F)F.C[BH2-]c1c(F)c(F)c(F)c(F)c1[BH2-]C.Cc1c(F)c(F)c2c(c1F)[B-](C)(C)c1c(F)c(F)c(F)c(F)c1[B-]2(C)C.FF.FF.[B]c1c(F)c(F)c(F)c(F)c1[BH2-]C. The molecule has 102 heavy (non-hydrogen) atoms. The van der Waals surface area contributed by atoms with Gasteiger partial charge in [0.1, 0.15) is 60.2 Å². The van der Waals surface area contributed by atoms with Gasteiger partial charge >= 0.3 is 12.2 Å². The van der Waals surface area contributed by atoms with Gasteiger partial charge in [0.2, 0.25) is 6.71 Å². The first-order chi connectivity index (χ1) is 47.0. The molecule has 0 spiro atoms. The third kappa shape index (κ3) is 18.8. The molecule has 8 rings (SSSR count). The lowest BCUT2D eigenvalue weighted by Crippen LogP contribution is -2.81. The minimum atomic E-state index is -2.65. The van der Waals surface area contributed by atoms with Gasteiger partial charge in [-0.25, -0.2) is 113 Å². The van der Waals surface area contributed by atoms with Crippen LogP contribution in [0.2, 0.25) is 68.2 Å². The summed E-state index contributed by atoms with van der Waals surface area (Å²) < 4.78 is 380. The number of allylic oxidation sites excluding steroid dienone is 2. The van der Waals surface area contributed by atoms with Gasteiger partial charge in [-0.05, 0) is 97.5 Å². The highest BCUT2D eigenvalue weighted by atomic mass is 20.0. The van der Waals surface area contributed by atoms with Crippen LogP contribution in [0, 0.1) is 142 Å². The third-order valence-corrected chi connectivity index (χ3v) is 17.0. The van der Waals surface area contributed by atoms with E-state index in [0.717, 1.165) is 25.0 Å². The Morgan fingerprint density at radius 1 is 0.304 bits per heavy atom. The summed E-state index contributed by atoms with van der Waals surface area (Å²) in [4.78, 5) is 0. The van der Waals surface area contributed by atoms with Crippen molar-refractivity contribution in [3.8, 4) is 0 Å². The van der Waals surface area contributed by atoms with E-state index in [1.54, 1.807) is 59.6 Å². The molecule has 0 saturated heterocycles. The standard InChI is InChI=1S/C17H15B2F7.C16H12B2F7.C8H10B2F4.2C8H6F2.C7H5B2F4.2F2/c1-6-11(20)7-8(13(22)12(6)21)19(4,5)10-9(18(7,2)3)14(23)16(25)17(26)15(10)24;1-5-10(19)6-8(13(22)11(5)20)18(3,4)9-7(17(6)2)12(21)15(24)16(25)14(9)23;1-9-3-4(10-2)6(12)8(14)7(13)5(3)11;2*1-7(2)5-3-4-6-8(9)10;1-9-3-2(8)4(10)6(12)7(13)5(3)11;2*1-2/h1-5H3;1-4H3;9-10H2,1-2H3;2*1-2H3;9H2,1H3;;/q-2;-1;-2;;;-1;;. The topological polar surface area (TPSA) is 0 Å². The first-order valence-corrected chi connectivity index (χ1v) is 30.8. The Balaban J connectivity index is 0.000000632. The first kappa shape index (κ1) is 91.5. The van der Waals surface area contributed by atoms with Gasteiger partial charge in [-0.15, -0.1) is 0 Å². The van der Waals surface area contributed by atoms with Crippen LogP contribution in [0.25, 0.3) is 0 Å². The van der Waals surface area contributed by atoms with E-state index in [2.05, 4.69) is 22.9 Å². The summed E-state index contributed by atoms with van der Waals surface area (Å²) in [5.74, 6) is -34.8. The lowest BCUT2D eigenvalue weighted by Gasteiger charge is -2.54. The van der Waals surface area contributed by atoms with Crippen molar-refractivity contribution in [3.05, 3.63) is 208 Å². The first-order valence-electron chi connectivity index (χ1n) is 30.8. The smallest absolute Gasteiger partial charge is 0.211 e. The minimum absolute atomic E-state index is 0.101. The highest BCUT2D eigenvalue weighted by Crippen LogP contribution is 2.28. The average Bonchev–Trinajstić information content (AvgIpc) is 0.697. The van der Waals surface area contributed by atoms with Crippen molar-refractivity contribution in [2.45, 2.75) is 110 Å². The minimum Gasteiger partial charge on any atom is -0.211 e. The van der Waals surface area contributed by atoms with Crippen molar-refractivity contribution in [1.82, 2.24) is 0 Å². The maximum absolute atomic E-state index is 14.9. The maximum Gasteiger partial charge on any atom is 0.321 e. The van der Waals surface area contributed by atoms with Gasteiger partial charge in [-0.1, -0.05) is 34.7 Å². The van der Waals surface area contributed by atoms with Crippen LogP contribution in [0.15, 0.2) is 69.2 Å². The van der Waals surface area contributed by atoms with E-state index in [-0.39, 0.29) is 27.3 Å². The molecule has 0 fully saturated rings.